The molecule has 4 aromatic rings. The van der Waals surface area contributed by atoms with E-state index in [1.165, 1.54) is 18.0 Å². The van der Waals surface area contributed by atoms with E-state index in [0.717, 1.165) is 4.47 Å². The highest BCUT2D eigenvalue weighted by Crippen LogP contribution is 2.30. The average molecular weight is 521 g/mol. The summed E-state index contributed by atoms with van der Waals surface area (Å²) in [6, 6.07) is 19.6. The molecule has 0 aliphatic heterocycles. The van der Waals surface area contributed by atoms with Crippen LogP contribution in [0.25, 0.3) is 10.9 Å². The maximum atomic E-state index is 13.0. The number of fused-ring (bicyclic) bond motifs is 1. The Morgan fingerprint density at radius 3 is 2.71 bits per heavy atom. The largest absolute Gasteiger partial charge is 0.493 e. The molecule has 0 fully saturated rings. The van der Waals surface area contributed by atoms with Gasteiger partial charge >= 0.3 is 0 Å². The van der Waals surface area contributed by atoms with Crippen LogP contribution in [-0.4, -0.2) is 35.5 Å². The number of anilines is 1. The van der Waals surface area contributed by atoms with Crippen LogP contribution in [0, 0.1) is 6.92 Å². The highest BCUT2D eigenvalue weighted by atomic mass is 79.9. The Kier molecular flexibility index (Phi) is 7.03. The molecule has 0 unspecified atom stereocenters. The molecule has 0 saturated carbocycles. The number of hydrogen-bond donors (Lipinski definition) is 1. The third kappa shape index (κ3) is 5.15. The first-order valence-corrected chi connectivity index (χ1v) is 11.1. The quantitative estimate of drug-likeness (QED) is 0.365. The standard InChI is InChI=1S/C25H21BrN4O4/c1-16-28-21-12-11-18(26)13-20(21)25(32)30(16)27-14-17-7-6-10-22(33-2)24(17)34-15-23(31)29-19-8-4-3-5-9-19/h3-14H,15H2,1-2H3,(H,29,31). The molecule has 3 aromatic carbocycles. The molecular weight excluding hydrogens is 500 g/mol. The van der Waals surface area contributed by atoms with Gasteiger partial charge in [0.2, 0.25) is 0 Å². The lowest BCUT2D eigenvalue weighted by atomic mass is 10.2. The number of rotatable bonds is 7. The van der Waals surface area contributed by atoms with Gasteiger partial charge in [-0.05, 0) is 49.4 Å². The van der Waals surface area contributed by atoms with Gasteiger partial charge in [-0.2, -0.15) is 9.78 Å². The molecule has 1 amide bonds. The van der Waals surface area contributed by atoms with E-state index in [4.69, 9.17) is 9.47 Å². The van der Waals surface area contributed by atoms with Crippen molar-refractivity contribution in [3.8, 4) is 11.5 Å². The number of halogens is 1. The number of aromatic nitrogens is 2. The summed E-state index contributed by atoms with van der Waals surface area (Å²) >= 11 is 3.38. The Labute approximate surface area is 204 Å². The molecule has 0 radical (unpaired) electrons. The van der Waals surface area contributed by atoms with Crippen molar-refractivity contribution >= 4 is 44.6 Å². The molecule has 0 spiro atoms. The molecule has 34 heavy (non-hydrogen) atoms. The van der Waals surface area contributed by atoms with E-state index in [9.17, 15) is 9.59 Å². The summed E-state index contributed by atoms with van der Waals surface area (Å²) in [5.41, 5.74) is 1.50. The maximum absolute atomic E-state index is 13.0. The second kappa shape index (κ2) is 10.3. The van der Waals surface area contributed by atoms with Crippen molar-refractivity contribution in [1.82, 2.24) is 9.66 Å². The van der Waals surface area contributed by atoms with Gasteiger partial charge in [0.15, 0.2) is 18.1 Å². The van der Waals surface area contributed by atoms with Crippen molar-refractivity contribution in [3.05, 3.63) is 92.9 Å². The van der Waals surface area contributed by atoms with Crippen LogP contribution in [0.4, 0.5) is 5.69 Å². The number of carbonyl (C=O) groups excluding carboxylic acids is 1. The Morgan fingerprint density at radius 1 is 1.15 bits per heavy atom. The number of ether oxygens (including phenoxy) is 2. The monoisotopic (exact) mass is 520 g/mol. The maximum Gasteiger partial charge on any atom is 0.282 e. The number of benzene rings is 3. The van der Waals surface area contributed by atoms with Crippen LogP contribution in [-0.2, 0) is 4.79 Å². The van der Waals surface area contributed by atoms with E-state index in [2.05, 4.69) is 31.3 Å². The molecule has 1 aromatic heterocycles. The zero-order chi connectivity index (χ0) is 24.1. The molecule has 0 bridgehead atoms. The lowest BCUT2D eigenvalue weighted by Crippen LogP contribution is -2.21. The molecule has 1 heterocycles. The highest BCUT2D eigenvalue weighted by molar-refractivity contribution is 9.10. The molecule has 4 rings (SSSR count). The summed E-state index contributed by atoms with van der Waals surface area (Å²) in [5, 5.41) is 7.56. The zero-order valence-electron chi connectivity index (χ0n) is 18.5. The second-order valence-corrected chi connectivity index (χ2v) is 8.18. The van der Waals surface area contributed by atoms with Gasteiger partial charge in [0.25, 0.3) is 11.5 Å². The van der Waals surface area contributed by atoms with Gasteiger partial charge in [-0.3, -0.25) is 9.59 Å². The minimum atomic E-state index is -0.323. The number of nitrogens with zero attached hydrogens (tertiary/aromatic N) is 3. The normalized spacial score (nSPS) is 11.0. The predicted molar refractivity (Wildman–Crippen MR) is 135 cm³/mol. The number of carbonyl (C=O) groups is 1. The number of methoxy groups -OCH3 is 1. The lowest BCUT2D eigenvalue weighted by Gasteiger charge is -2.13. The fourth-order valence-corrected chi connectivity index (χ4v) is 3.68. The van der Waals surface area contributed by atoms with Crippen LogP contribution in [0.2, 0.25) is 0 Å². The Bertz CT molecular complexity index is 1430. The van der Waals surface area contributed by atoms with Crippen LogP contribution < -0.4 is 20.3 Å². The molecule has 0 saturated heterocycles. The van der Waals surface area contributed by atoms with Gasteiger partial charge in [-0.15, -0.1) is 0 Å². The van der Waals surface area contributed by atoms with Crippen molar-refractivity contribution in [2.45, 2.75) is 6.92 Å². The van der Waals surface area contributed by atoms with Gasteiger partial charge in [0.1, 0.15) is 5.82 Å². The highest BCUT2D eigenvalue weighted by Gasteiger charge is 2.13. The van der Waals surface area contributed by atoms with Crippen LogP contribution >= 0.6 is 15.9 Å². The molecular formula is C25H21BrN4O4. The predicted octanol–water partition coefficient (Wildman–Crippen LogP) is 4.38. The Hall–Kier alpha value is -3.98. The summed E-state index contributed by atoms with van der Waals surface area (Å²) < 4.78 is 13.2. The van der Waals surface area contributed by atoms with E-state index in [0.29, 0.717) is 39.5 Å². The van der Waals surface area contributed by atoms with E-state index in [-0.39, 0.29) is 18.1 Å². The third-order valence-corrected chi connectivity index (χ3v) is 5.41. The van der Waals surface area contributed by atoms with Gasteiger partial charge in [0.05, 0.1) is 24.2 Å². The van der Waals surface area contributed by atoms with E-state index < -0.39 is 0 Å². The summed E-state index contributed by atoms with van der Waals surface area (Å²) in [6.07, 6.45) is 1.48. The summed E-state index contributed by atoms with van der Waals surface area (Å²) in [6.45, 7) is 1.47. The molecule has 172 valence electrons. The first kappa shape index (κ1) is 23.2. The summed E-state index contributed by atoms with van der Waals surface area (Å²) in [7, 11) is 1.51. The zero-order valence-corrected chi connectivity index (χ0v) is 20.1. The van der Waals surface area contributed by atoms with Crippen molar-refractivity contribution in [2.24, 2.45) is 5.10 Å². The molecule has 0 atom stereocenters. The number of nitrogens with one attached hydrogen (secondary N) is 1. The fraction of sp³-hybridized carbons (Fsp3) is 0.120. The van der Waals surface area contributed by atoms with Crippen molar-refractivity contribution < 1.29 is 14.3 Å². The van der Waals surface area contributed by atoms with Crippen LogP contribution in [0.5, 0.6) is 11.5 Å². The number of para-hydroxylation sites is 2. The van der Waals surface area contributed by atoms with E-state index in [1.807, 2.05) is 24.3 Å². The minimum Gasteiger partial charge on any atom is -0.493 e. The summed E-state index contributed by atoms with van der Waals surface area (Å²) in [5.74, 6) is 0.875. The molecule has 1 N–H and O–H groups in total. The minimum absolute atomic E-state index is 0.235. The van der Waals surface area contributed by atoms with Crippen molar-refractivity contribution in [3.63, 3.8) is 0 Å². The van der Waals surface area contributed by atoms with Crippen molar-refractivity contribution in [1.29, 1.82) is 0 Å². The van der Waals surface area contributed by atoms with E-state index in [1.54, 1.807) is 49.4 Å². The Balaban J connectivity index is 1.61. The first-order valence-electron chi connectivity index (χ1n) is 10.3. The Morgan fingerprint density at radius 2 is 1.94 bits per heavy atom. The first-order chi connectivity index (χ1) is 16.5. The molecule has 9 heteroatoms. The van der Waals surface area contributed by atoms with Gasteiger partial charge in [-0.25, -0.2) is 4.98 Å². The van der Waals surface area contributed by atoms with Crippen LogP contribution in [0.3, 0.4) is 0 Å². The number of aryl methyl sites for hydroxylation is 1. The second-order valence-electron chi connectivity index (χ2n) is 7.26. The fourth-order valence-electron chi connectivity index (χ4n) is 3.32. The summed E-state index contributed by atoms with van der Waals surface area (Å²) in [4.78, 5) is 29.8. The third-order valence-electron chi connectivity index (χ3n) is 4.92. The van der Waals surface area contributed by atoms with Crippen molar-refractivity contribution in [2.75, 3.05) is 19.0 Å². The topological polar surface area (TPSA) is 94.8 Å². The SMILES string of the molecule is COc1cccc(C=Nn2c(C)nc3ccc(Br)cc3c2=O)c1OCC(=O)Nc1ccccc1. The smallest absolute Gasteiger partial charge is 0.282 e. The number of hydrogen-bond acceptors (Lipinski definition) is 6. The van der Waals surface area contributed by atoms with Gasteiger partial charge in [-0.1, -0.05) is 40.2 Å². The van der Waals surface area contributed by atoms with Gasteiger partial charge in [0, 0.05) is 15.7 Å². The average Bonchev–Trinajstić information content (AvgIpc) is 2.84. The number of amides is 1. The van der Waals surface area contributed by atoms with Crippen LogP contribution in [0.15, 0.2) is 81.1 Å². The molecule has 0 aliphatic carbocycles. The molecule has 0 aliphatic rings. The van der Waals surface area contributed by atoms with Gasteiger partial charge < -0.3 is 14.8 Å². The lowest BCUT2D eigenvalue weighted by molar-refractivity contribution is -0.118. The van der Waals surface area contributed by atoms with Crippen LogP contribution in [0.1, 0.15) is 11.4 Å². The van der Waals surface area contributed by atoms with E-state index >= 15 is 0 Å². The molecule has 8 nitrogen and oxygen atoms in total.